The largest absolute Gasteiger partial charge is 0.482 e. The van der Waals surface area contributed by atoms with E-state index in [0.717, 1.165) is 24.1 Å². The number of pyridine rings is 1. The van der Waals surface area contributed by atoms with Gasteiger partial charge in [-0.2, -0.15) is 0 Å². The number of benzene rings is 1. The van der Waals surface area contributed by atoms with Gasteiger partial charge in [-0.05, 0) is 36.7 Å². The molecule has 1 aliphatic rings. The van der Waals surface area contributed by atoms with Gasteiger partial charge in [0.15, 0.2) is 26.5 Å². The van der Waals surface area contributed by atoms with Gasteiger partial charge in [0.2, 0.25) is 17.7 Å². The molecule has 0 bridgehead atoms. The fraction of sp³-hybridized carbons (Fsp3) is 0.263. The predicted octanol–water partition coefficient (Wildman–Crippen LogP) is 3.34. The minimum Gasteiger partial charge on any atom is -0.482 e. The molecule has 12 heteroatoms. The number of hydrogen-bond acceptors (Lipinski definition) is 7. The molecule has 1 amide bonds. The van der Waals surface area contributed by atoms with E-state index in [1.807, 2.05) is 12.1 Å². The lowest BCUT2D eigenvalue weighted by molar-refractivity contribution is -0.121. The molecule has 161 valence electrons. The van der Waals surface area contributed by atoms with Gasteiger partial charge in [0.25, 0.3) is 0 Å². The lowest BCUT2D eigenvalue weighted by Gasteiger charge is -2.26. The van der Waals surface area contributed by atoms with Gasteiger partial charge in [-0.15, -0.1) is 10.2 Å². The van der Waals surface area contributed by atoms with E-state index in [0.29, 0.717) is 23.0 Å². The van der Waals surface area contributed by atoms with Crippen molar-refractivity contribution in [3.8, 4) is 17.2 Å². The summed E-state index contributed by atoms with van der Waals surface area (Å²) in [5.41, 5.74) is 0.798. The number of rotatable bonds is 6. The zero-order valence-corrected chi connectivity index (χ0v) is 18.6. The van der Waals surface area contributed by atoms with Gasteiger partial charge in [0.1, 0.15) is 5.75 Å². The van der Waals surface area contributed by atoms with Crippen LogP contribution in [0, 0.1) is 5.82 Å². The van der Waals surface area contributed by atoms with Crippen molar-refractivity contribution in [1.82, 2.24) is 25.5 Å². The first-order valence-corrected chi connectivity index (χ1v) is 12.1. The normalized spacial score (nSPS) is 16.8. The molecule has 1 radical (unpaired) electrons. The molecule has 1 atom stereocenters. The van der Waals surface area contributed by atoms with Crippen LogP contribution in [0.3, 0.4) is 0 Å². The molecule has 1 aliphatic heterocycles. The maximum Gasteiger partial charge on any atom is 0.250 e. The molecular weight excluding hydrogens is 464 g/mol. The molecule has 1 fully saturated rings. The van der Waals surface area contributed by atoms with Crippen molar-refractivity contribution in [2.45, 2.75) is 18.5 Å². The Morgan fingerprint density at radius 1 is 1.32 bits per heavy atom. The first-order valence-electron chi connectivity index (χ1n) is 9.39. The monoisotopic (exact) mass is 480 g/mol. The van der Waals surface area contributed by atoms with Crippen LogP contribution in [0.2, 0.25) is 16.2 Å². The van der Waals surface area contributed by atoms with Crippen molar-refractivity contribution in [3.63, 3.8) is 0 Å². The summed E-state index contributed by atoms with van der Waals surface area (Å²) in [6.07, 6.45) is 2.66. The van der Waals surface area contributed by atoms with E-state index >= 15 is 0 Å². The van der Waals surface area contributed by atoms with Gasteiger partial charge in [0, 0.05) is 22.8 Å². The van der Waals surface area contributed by atoms with Crippen LogP contribution in [0.4, 0.5) is 4.39 Å². The molecule has 3 aromatic rings. The van der Waals surface area contributed by atoms with E-state index in [2.05, 4.69) is 25.5 Å². The van der Waals surface area contributed by atoms with E-state index in [9.17, 15) is 9.18 Å². The topological polar surface area (TPSA) is 102 Å². The summed E-state index contributed by atoms with van der Waals surface area (Å²) in [6, 6.07) is 9.01. The highest BCUT2D eigenvalue weighted by Crippen LogP contribution is 2.26. The average Bonchev–Trinajstić information content (AvgIpc) is 3.26. The molecule has 0 saturated carbocycles. The summed E-state index contributed by atoms with van der Waals surface area (Å²) in [5.74, 6) is 0.117. The Morgan fingerprint density at radius 2 is 2.13 bits per heavy atom. The highest BCUT2D eigenvalue weighted by atomic mass is 35.5. The second kappa shape index (κ2) is 9.73. The Bertz CT molecular complexity index is 1060. The average molecular weight is 481 g/mol. The van der Waals surface area contributed by atoms with Crippen LogP contribution in [-0.2, 0) is 4.79 Å². The van der Waals surface area contributed by atoms with Crippen molar-refractivity contribution in [2.75, 3.05) is 12.8 Å². The van der Waals surface area contributed by atoms with Crippen LogP contribution in [0.5, 0.6) is 5.75 Å². The molecular formula is C19H17Cl2FN5O3Si. The molecule has 4 rings (SSSR count). The van der Waals surface area contributed by atoms with Crippen molar-refractivity contribution >= 4 is 38.1 Å². The summed E-state index contributed by atoms with van der Waals surface area (Å²) in [5, 5.41) is 12.0. The maximum atomic E-state index is 13.4. The highest BCUT2D eigenvalue weighted by molar-refractivity contribution is 6.59. The number of ether oxygens (including phenoxy) is 1. The summed E-state index contributed by atoms with van der Waals surface area (Å²) in [6.45, 7) is -0.228. The Balaban J connectivity index is 1.24. The number of amides is 1. The van der Waals surface area contributed by atoms with Gasteiger partial charge >= 0.3 is 0 Å². The van der Waals surface area contributed by atoms with E-state index in [1.165, 1.54) is 6.20 Å². The summed E-state index contributed by atoms with van der Waals surface area (Å²) < 4.78 is 24.4. The smallest absolute Gasteiger partial charge is 0.250 e. The van der Waals surface area contributed by atoms with E-state index in [-0.39, 0.29) is 29.5 Å². The molecule has 2 aromatic heterocycles. The molecule has 0 spiro atoms. The quantitative estimate of drug-likeness (QED) is 0.411. The van der Waals surface area contributed by atoms with Crippen LogP contribution < -0.4 is 15.0 Å². The summed E-state index contributed by atoms with van der Waals surface area (Å²) in [7, 11) is -1.16. The Labute approximate surface area is 188 Å². The predicted molar refractivity (Wildman–Crippen MR) is 114 cm³/mol. The third-order valence-corrected chi connectivity index (χ3v) is 7.27. The second-order valence-corrected chi connectivity index (χ2v) is 9.91. The maximum absolute atomic E-state index is 13.4. The highest BCUT2D eigenvalue weighted by Gasteiger charge is 2.28. The number of carbonyl (C=O) groups excluding carboxylic acids is 1. The Hall–Kier alpha value is -2.53. The number of carbonyl (C=O) groups is 1. The minimum atomic E-state index is -1.16. The molecule has 1 saturated heterocycles. The fourth-order valence-corrected chi connectivity index (χ4v) is 5.24. The van der Waals surface area contributed by atoms with Crippen LogP contribution in [-0.4, -0.2) is 42.8 Å². The van der Waals surface area contributed by atoms with E-state index in [1.54, 1.807) is 12.1 Å². The SMILES string of the molecule is O=C(COc1cnc(Cl)c(F)c1)N[Si]1CC[C@H](c2nnc(-c3ccc(Cl)cc3)o2)NC1. The third kappa shape index (κ3) is 5.59. The van der Waals surface area contributed by atoms with Gasteiger partial charge in [0.05, 0.1) is 12.2 Å². The van der Waals surface area contributed by atoms with Crippen LogP contribution in [0.1, 0.15) is 18.4 Å². The Kier molecular flexibility index (Phi) is 6.81. The first-order chi connectivity index (χ1) is 15.0. The number of aromatic nitrogens is 3. The molecule has 0 aliphatic carbocycles. The third-order valence-electron chi connectivity index (χ3n) is 4.58. The molecule has 8 nitrogen and oxygen atoms in total. The van der Waals surface area contributed by atoms with Crippen LogP contribution >= 0.6 is 23.2 Å². The lowest BCUT2D eigenvalue weighted by atomic mass is 10.2. The number of hydrogen-bond donors (Lipinski definition) is 2. The zero-order valence-electron chi connectivity index (χ0n) is 16.1. The van der Waals surface area contributed by atoms with Crippen molar-refractivity contribution in [1.29, 1.82) is 0 Å². The van der Waals surface area contributed by atoms with Gasteiger partial charge in [-0.1, -0.05) is 23.2 Å². The van der Waals surface area contributed by atoms with Crippen molar-refractivity contribution in [3.05, 3.63) is 58.4 Å². The second-order valence-electron chi connectivity index (χ2n) is 6.81. The number of halogens is 3. The molecule has 2 N–H and O–H groups in total. The molecule has 0 unspecified atom stereocenters. The summed E-state index contributed by atoms with van der Waals surface area (Å²) >= 11 is 11.4. The van der Waals surface area contributed by atoms with Gasteiger partial charge in [-0.3, -0.25) is 4.79 Å². The minimum absolute atomic E-state index is 0.0708. The lowest BCUT2D eigenvalue weighted by Crippen LogP contribution is -2.51. The Morgan fingerprint density at radius 3 is 2.84 bits per heavy atom. The molecule has 1 aromatic carbocycles. The fourth-order valence-electron chi connectivity index (χ4n) is 3.02. The number of nitrogens with one attached hydrogen (secondary N) is 2. The first kappa shape index (κ1) is 21.7. The zero-order chi connectivity index (χ0) is 21.8. The molecule has 3 heterocycles. The standard InChI is InChI=1S/C19H17Cl2FN5O3Si/c20-12-3-1-11(2-4-12)18-25-26-19(30-18)15-5-6-31(10-24-15)27-16(28)9-29-13-7-14(22)17(21)23-8-13/h1-4,7-8,15,24H,5-6,9-10H2,(H,27,28)/t15-/m1/s1. The van der Waals surface area contributed by atoms with Crippen molar-refractivity contribution < 1.29 is 18.3 Å². The summed E-state index contributed by atoms with van der Waals surface area (Å²) in [4.78, 5) is 18.8. The van der Waals surface area contributed by atoms with Gasteiger partial charge in [-0.25, -0.2) is 9.37 Å². The molecule has 31 heavy (non-hydrogen) atoms. The van der Waals surface area contributed by atoms with E-state index in [4.69, 9.17) is 32.4 Å². The van der Waals surface area contributed by atoms with E-state index < -0.39 is 14.8 Å². The number of nitrogens with zero attached hydrogens (tertiary/aromatic N) is 3. The van der Waals surface area contributed by atoms with Crippen LogP contribution in [0.15, 0.2) is 40.9 Å². The van der Waals surface area contributed by atoms with Crippen molar-refractivity contribution in [2.24, 2.45) is 0 Å². The van der Waals surface area contributed by atoms with Crippen LogP contribution in [0.25, 0.3) is 11.5 Å². The van der Waals surface area contributed by atoms with Gasteiger partial charge < -0.3 is 19.5 Å².